The fourth-order valence-electron chi connectivity index (χ4n) is 9.31. The number of pyridine rings is 1. The van der Waals surface area contributed by atoms with Gasteiger partial charge in [-0.25, -0.2) is 4.98 Å². The maximum atomic E-state index is 15.2. The van der Waals surface area contributed by atoms with Crippen LogP contribution < -0.4 is 9.75 Å². The molecule has 4 aliphatic rings. The van der Waals surface area contributed by atoms with E-state index in [1.54, 1.807) is 54.6 Å². The van der Waals surface area contributed by atoms with Crippen molar-refractivity contribution < 1.29 is 42.2 Å². The van der Waals surface area contributed by atoms with Crippen LogP contribution in [0.3, 0.4) is 0 Å². The Hall–Kier alpha value is -5.75. The molecule has 3 aromatic carbocycles. The van der Waals surface area contributed by atoms with E-state index in [9.17, 15) is 27.9 Å². The van der Waals surface area contributed by atoms with Crippen molar-refractivity contribution in [1.82, 2.24) is 9.99 Å². The van der Waals surface area contributed by atoms with Crippen LogP contribution in [0.2, 0.25) is 5.02 Å². The number of phenols is 1. The van der Waals surface area contributed by atoms with Gasteiger partial charge in [-0.2, -0.15) is 18.2 Å². The Bertz CT molecular complexity index is 2330. The van der Waals surface area contributed by atoms with E-state index in [1.165, 1.54) is 26.3 Å². The first-order valence-electron chi connectivity index (χ1n) is 17.6. The number of fused-ring (bicyclic) bond motifs is 4. The molecule has 1 aliphatic heterocycles. The Balaban J connectivity index is 1.31. The number of aromatic nitrogens is 1. The molecule has 9 nitrogen and oxygen atoms in total. The van der Waals surface area contributed by atoms with Gasteiger partial charge in [0.05, 0.1) is 29.4 Å². The zero-order chi connectivity index (χ0) is 39.0. The summed E-state index contributed by atoms with van der Waals surface area (Å²) in [6.07, 6.45) is -1.46. The van der Waals surface area contributed by atoms with Crippen LogP contribution >= 0.6 is 11.6 Å². The molecule has 280 valence electrons. The maximum Gasteiger partial charge on any atom is 0.433 e. The number of aromatic hydroxyl groups is 1. The highest BCUT2D eigenvalue weighted by molar-refractivity contribution is 6.33. The lowest BCUT2D eigenvalue weighted by Gasteiger charge is -2.55. The molecule has 1 N–H and O–H groups in total. The van der Waals surface area contributed by atoms with E-state index >= 15 is 9.59 Å². The minimum Gasteiger partial charge on any atom is -0.504 e. The van der Waals surface area contributed by atoms with Crippen molar-refractivity contribution in [1.29, 1.82) is 0 Å². The van der Waals surface area contributed by atoms with Gasteiger partial charge in [0.25, 0.3) is 11.8 Å². The number of alkyl halides is 3. The molecule has 6 unspecified atom stereocenters. The number of hydrazine groups is 1. The molecule has 2 fully saturated rings. The van der Waals surface area contributed by atoms with Crippen molar-refractivity contribution in [2.45, 2.75) is 30.4 Å². The van der Waals surface area contributed by atoms with Crippen molar-refractivity contribution in [2.75, 3.05) is 19.2 Å². The van der Waals surface area contributed by atoms with Crippen molar-refractivity contribution in [3.63, 3.8) is 0 Å². The summed E-state index contributed by atoms with van der Waals surface area (Å²) < 4.78 is 46.6. The van der Waals surface area contributed by atoms with E-state index in [0.717, 1.165) is 16.1 Å². The predicted octanol–water partition coefficient (Wildman–Crippen LogP) is 7.34. The number of carbonyl (C=O) groups is 4. The van der Waals surface area contributed by atoms with Gasteiger partial charge in [-0.15, -0.1) is 0 Å². The highest BCUT2D eigenvalue weighted by Crippen LogP contribution is 2.64. The topological polar surface area (TPSA) is 117 Å². The number of rotatable bonds is 6. The number of methoxy groups -OCH3 is 1. The van der Waals surface area contributed by atoms with Crippen LogP contribution in [0.1, 0.15) is 41.1 Å². The van der Waals surface area contributed by atoms with Gasteiger partial charge in [-0.05, 0) is 65.8 Å². The summed E-state index contributed by atoms with van der Waals surface area (Å²) in [5.74, 6) is -7.02. The van der Waals surface area contributed by atoms with Crippen LogP contribution in [0.15, 0.2) is 109 Å². The van der Waals surface area contributed by atoms with Gasteiger partial charge < -0.3 is 9.84 Å². The van der Waals surface area contributed by atoms with Crippen LogP contribution in [0, 0.1) is 23.7 Å². The van der Waals surface area contributed by atoms with Crippen LogP contribution in [0.5, 0.6) is 11.5 Å². The van der Waals surface area contributed by atoms with Gasteiger partial charge in [0.15, 0.2) is 28.9 Å². The number of amides is 2. The molecule has 1 aromatic heterocycles. The average molecular weight is 768 g/mol. The standard InChI is InChI=1S/C42H33ClF3N3O6/c1-48(38-30(43)16-18-33(47-38)42(44,45)46)49-39(53)26-15-14-25-28(35(26)40(49)54)20-29-37(52)27(22-9-5-3-6-10-22)21-34(51)41(29,24-11-7-4-8-12-24)36(25)23-13-17-31(50)32(19-23)55-2/h3-14,16-19,21,26,28-29,35-36,50H,15,20H2,1-2H3. The Kier molecular flexibility index (Phi) is 8.71. The third-order valence-electron chi connectivity index (χ3n) is 11.6. The number of ketones is 2. The van der Waals surface area contributed by atoms with E-state index in [0.29, 0.717) is 28.3 Å². The quantitative estimate of drug-likeness (QED) is 0.160. The van der Waals surface area contributed by atoms with Crippen molar-refractivity contribution in [3.8, 4) is 11.5 Å². The molecule has 1 saturated heterocycles. The minimum atomic E-state index is -4.82. The molecule has 1 saturated carbocycles. The number of ether oxygens (including phenoxy) is 1. The second-order valence-corrected chi connectivity index (χ2v) is 14.6. The largest absolute Gasteiger partial charge is 0.504 e. The Morgan fingerprint density at radius 3 is 2.29 bits per heavy atom. The SMILES string of the molecule is COc1cc(C2C3=CCC4C(=O)N(N(C)c5nc(C(F)(F)F)ccc5Cl)C(=O)C4C3CC3C(=O)C(c4ccccc4)=CC(=O)C32c2ccccc2)ccc1O. The number of nitrogens with zero attached hydrogens (tertiary/aromatic N) is 3. The number of allylic oxidation sites excluding steroid dienone is 4. The van der Waals surface area contributed by atoms with E-state index in [1.807, 2.05) is 24.3 Å². The number of anilines is 1. The lowest BCUT2D eigenvalue weighted by Crippen LogP contribution is -2.59. The molecule has 4 aromatic rings. The van der Waals surface area contributed by atoms with Gasteiger partial charge in [-0.1, -0.05) is 90.0 Å². The summed E-state index contributed by atoms with van der Waals surface area (Å²) in [4.78, 5) is 62.8. The van der Waals surface area contributed by atoms with Gasteiger partial charge in [0.1, 0.15) is 5.69 Å². The second kappa shape index (κ2) is 13.2. The number of Topliss-reactive ketones (excluding diaryl/α,β-unsaturated/α-hetero) is 1. The molecule has 6 atom stereocenters. The number of hydrogen-bond donors (Lipinski definition) is 1. The van der Waals surface area contributed by atoms with E-state index in [-0.39, 0.29) is 46.5 Å². The highest BCUT2D eigenvalue weighted by Gasteiger charge is 2.66. The molecular weight excluding hydrogens is 735 g/mol. The lowest BCUT2D eigenvalue weighted by atomic mass is 9.44. The molecule has 55 heavy (non-hydrogen) atoms. The number of hydrogen-bond acceptors (Lipinski definition) is 8. The van der Waals surface area contributed by atoms with Crippen molar-refractivity contribution >= 4 is 46.4 Å². The smallest absolute Gasteiger partial charge is 0.433 e. The molecule has 2 heterocycles. The zero-order valence-electron chi connectivity index (χ0n) is 29.5. The van der Waals surface area contributed by atoms with Gasteiger partial charge in [-0.3, -0.25) is 24.2 Å². The first-order chi connectivity index (χ1) is 26.3. The van der Waals surface area contributed by atoms with E-state index in [2.05, 4.69) is 4.98 Å². The molecule has 0 spiro atoms. The summed E-state index contributed by atoms with van der Waals surface area (Å²) in [6, 6.07) is 24.3. The summed E-state index contributed by atoms with van der Waals surface area (Å²) in [5, 5.41) is 12.2. The third-order valence-corrected chi connectivity index (χ3v) is 11.9. The fraction of sp³-hybridized carbons (Fsp3) is 0.262. The number of halogens is 4. The zero-order valence-corrected chi connectivity index (χ0v) is 30.2. The van der Waals surface area contributed by atoms with Gasteiger partial charge in [0.2, 0.25) is 0 Å². The monoisotopic (exact) mass is 767 g/mol. The number of phenolic OH excluding ortho intramolecular Hbond substituents is 1. The second-order valence-electron chi connectivity index (χ2n) is 14.2. The number of benzene rings is 3. The third kappa shape index (κ3) is 5.48. The van der Waals surface area contributed by atoms with E-state index < -0.39 is 64.5 Å². The normalized spacial score (nSPS) is 26.1. The van der Waals surface area contributed by atoms with Crippen molar-refractivity contribution in [2.24, 2.45) is 23.7 Å². The Morgan fingerprint density at radius 2 is 1.62 bits per heavy atom. The van der Waals surface area contributed by atoms with Gasteiger partial charge in [0, 0.05) is 24.5 Å². The number of carbonyl (C=O) groups excluding carboxylic acids is 4. The first-order valence-corrected chi connectivity index (χ1v) is 18.0. The summed E-state index contributed by atoms with van der Waals surface area (Å²) in [6.45, 7) is 0. The molecule has 3 aliphatic carbocycles. The minimum absolute atomic E-state index is 0.0154. The Labute approximate surface area is 318 Å². The van der Waals surface area contributed by atoms with E-state index in [4.69, 9.17) is 16.3 Å². The average Bonchev–Trinajstić information content (AvgIpc) is 3.44. The first kappa shape index (κ1) is 36.2. The van der Waals surface area contributed by atoms with Crippen LogP contribution in [0.25, 0.3) is 5.57 Å². The van der Waals surface area contributed by atoms with Crippen molar-refractivity contribution in [3.05, 3.63) is 136 Å². The maximum absolute atomic E-state index is 15.2. The molecule has 13 heteroatoms. The predicted molar refractivity (Wildman–Crippen MR) is 196 cm³/mol. The summed E-state index contributed by atoms with van der Waals surface area (Å²) in [7, 11) is 2.65. The molecular formula is C42H33ClF3N3O6. The molecule has 0 bridgehead atoms. The molecule has 2 amide bonds. The highest BCUT2D eigenvalue weighted by atomic mass is 35.5. The van der Waals surface area contributed by atoms with Crippen LogP contribution in [-0.4, -0.2) is 52.6 Å². The fourth-order valence-corrected chi connectivity index (χ4v) is 9.54. The molecule has 0 radical (unpaired) electrons. The Morgan fingerprint density at radius 1 is 0.927 bits per heavy atom. The summed E-state index contributed by atoms with van der Waals surface area (Å²) >= 11 is 6.31. The number of imide groups is 1. The van der Waals surface area contributed by atoms with Crippen LogP contribution in [-0.2, 0) is 30.8 Å². The lowest BCUT2D eigenvalue weighted by molar-refractivity contribution is -0.141. The molecule has 8 rings (SSSR count). The summed E-state index contributed by atoms with van der Waals surface area (Å²) in [5.41, 5.74) is -0.192. The van der Waals surface area contributed by atoms with Crippen LogP contribution in [0.4, 0.5) is 19.0 Å². The van der Waals surface area contributed by atoms with Gasteiger partial charge >= 0.3 is 6.18 Å².